The van der Waals surface area contributed by atoms with Crippen LogP contribution < -0.4 is 4.90 Å². The lowest BCUT2D eigenvalue weighted by Gasteiger charge is -2.40. The van der Waals surface area contributed by atoms with Gasteiger partial charge in [0.05, 0.1) is 12.0 Å². The lowest BCUT2D eigenvalue weighted by Crippen LogP contribution is -2.51. The SMILES string of the molecule is CN1CCN(C(=O)C2CC(=O)N(c3ccccc3)C2)CC1c1ccccc1F. The van der Waals surface area contributed by atoms with Crippen molar-refractivity contribution in [1.82, 2.24) is 9.80 Å². The lowest BCUT2D eigenvalue weighted by atomic mass is 10.00. The van der Waals surface area contributed by atoms with Gasteiger partial charge in [0.25, 0.3) is 0 Å². The van der Waals surface area contributed by atoms with Gasteiger partial charge in [0.15, 0.2) is 0 Å². The van der Waals surface area contributed by atoms with E-state index in [0.717, 1.165) is 5.69 Å². The zero-order chi connectivity index (χ0) is 19.7. The predicted octanol–water partition coefficient (Wildman–Crippen LogP) is 2.69. The van der Waals surface area contributed by atoms with Crippen LogP contribution in [0.2, 0.25) is 0 Å². The summed E-state index contributed by atoms with van der Waals surface area (Å²) in [4.78, 5) is 31.1. The topological polar surface area (TPSA) is 43.9 Å². The fourth-order valence-electron chi connectivity index (χ4n) is 4.14. The number of likely N-dealkylation sites (N-methyl/N-ethyl adjacent to an activating group) is 1. The van der Waals surface area contributed by atoms with Gasteiger partial charge >= 0.3 is 0 Å². The van der Waals surface area contributed by atoms with Crippen LogP contribution in [0.5, 0.6) is 0 Å². The van der Waals surface area contributed by atoms with Crippen LogP contribution in [0.3, 0.4) is 0 Å². The Morgan fingerprint density at radius 1 is 1.00 bits per heavy atom. The molecule has 4 rings (SSSR count). The highest BCUT2D eigenvalue weighted by molar-refractivity contribution is 6.00. The Morgan fingerprint density at radius 3 is 2.46 bits per heavy atom. The van der Waals surface area contributed by atoms with Gasteiger partial charge in [-0.3, -0.25) is 14.5 Å². The van der Waals surface area contributed by atoms with E-state index in [1.807, 2.05) is 43.4 Å². The smallest absolute Gasteiger partial charge is 0.228 e. The first kappa shape index (κ1) is 18.6. The van der Waals surface area contributed by atoms with Crippen molar-refractivity contribution in [3.05, 3.63) is 66.0 Å². The lowest BCUT2D eigenvalue weighted by molar-refractivity contribution is -0.138. The number of carbonyl (C=O) groups is 2. The number of nitrogens with zero attached hydrogens (tertiary/aromatic N) is 3. The molecule has 2 aromatic carbocycles. The number of hydrogen-bond donors (Lipinski definition) is 0. The van der Waals surface area contributed by atoms with E-state index in [1.54, 1.807) is 21.9 Å². The van der Waals surface area contributed by atoms with Gasteiger partial charge in [-0.1, -0.05) is 36.4 Å². The van der Waals surface area contributed by atoms with Crippen molar-refractivity contribution in [2.24, 2.45) is 5.92 Å². The number of benzene rings is 2. The van der Waals surface area contributed by atoms with E-state index in [9.17, 15) is 14.0 Å². The quantitative estimate of drug-likeness (QED) is 0.821. The second-order valence-electron chi connectivity index (χ2n) is 7.54. The Labute approximate surface area is 164 Å². The fraction of sp³-hybridized carbons (Fsp3) is 0.364. The summed E-state index contributed by atoms with van der Waals surface area (Å²) in [5.74, 6) is -0.636. The van der Waals surface area contributed by atoms with Crippen molar-refractivity contribution in [2.45, 2.75) is 12.5 Å². The van der Waals surface area contributed by atoms with Crippen molar-refractivity contribution in [3.8, 4) is 0 Å². The summed E-state index contributed by atoms with van der Waals surface area (Å²) in [6, 6.07) is 16.0. The molecule has 0 bridgehead atoms. The van der Waals surface area contributed by atoms with Crippen molar-refractivity contribution in [3.63, 3.8) is 0 Å². The van der Waals surface area contributed by atoms with E-state index in [0.29, 0.717) is 31.7 Å². The van der Waals surface area contributed by atoms with Gasteiger partial charge < -0.3 is 9.80 Å². The van der Waals surface area contributed by atoms with Crippen LogP contribution in [0.1, 0.15) is 18.0 Å². The Morgan fingerprint density at radius 2 is 1.71 bits per heavy atom. The minimum Gasteiger partial charge on any atom is -0.339 e. The largest absolute Gasteiger partial charge is 0.339 e. The zero-order valence-electron chi connectivity index (χ0n) is 15.9. The van der Waals surface area contributed by atoms with Crippen LogP contribution in [0.15, 0.2) is 54.6 Å². The molecule has 0 spiro atoms. The summed E-state index contributed by atoms with van der Waals surface area (Å²) in [5, 5.41) is 0. The van der Waals surface area contributed by atoms with Gasteiger partial charge in [-0.25, -0.2) is 4.39 Å². The maximum atomic E-state index is 14.3. The highest BCUT2D eigenvalue weighted by atomic mass is 19.1. The molecule has 2 saturated heterocycles. The standard InChI is InChI=1S/C22H24FN3O2/c1-24-11-12-25(15-20(24)18-9-5-6-10-19(18)23)22(28)16-13-21(27)26(14-16)17-7-3-2-4-8-17/h2-10,16,20H,11-15H2,1H3. The highest BCUT2D eigenvalue weighted by Gasteiger charge is 2.39. The molecule has 6 heteroatoms. The third-order valence-electron chi connectivity index (χ3n) is 5.77. The molecule has 0 aromatic heterocycles. The van der Waals surface area contributed by atoms with Gasteiger partial charge in [-0.2, -0.15) is 0 Å². The van der Waals surface area contributed by atoms with Crippen LogP contribution in [0, 0.1) is 11.7 Å². The number of amides is 2. The zero-order valence-corrected chi connectivity index (χ0v) is 15.9. The Balaban J connectivity index is 1.48. The summed E-state index contributed by atoms with van der Waals surface area (Å²) in [5.41, 5.74) is 1.43. The number of anilines is 1. The Hall–Kier alpha value is -2.73. The number of carbonyl (C=O) groups excluding carboxylic acids is 2. The van der Waals surface area contributed by atoms with Gasteiger partial charge in [0.1, 0.15) is 5.82 Å². The molecular weight excluding hydrogens is 357 g/mol. The molecular formula is C22H24FN3O2. The van der Waals surface area contributed by atoms with E-state index >= 15 is 0 Å². The number of piperazine rings is 1. The van der Waals surface area contributed by atoms with E-state index in [4.69, 9.17) is 0 Å². The number of hydrogen-bond acceptors (Lipinski definition) is 3. The Bertz CT molecular complexity index is 873. The highest BCUT2D eigenvalue weighted by Crippen LogP contribution is 2.30. The molecule has 2 aromatic rings. The molecule has 2 heterocycles. The van der Waals surface area contributed by atoms with E-state index in [2.05, 4.69) is 4.90 Å². The number of halogens is 1. The summed E-state index contributed by atoms with van der Waals surface area (Å²) < 4.78 is 14.3. The van der Waals surface area contributed by atoms with Crippen molar-refractivity contribution >= 4 is 17.5 Å². The van der Waals surface area contributed by atoms with E-state index in [1.165, 1.54) is 6.07 Å². The summed E-state index contributed by atoms with van der Waals surface area (Å²) in [7, 11) is 1.95. The molecule has 146 valence electrons. The molecule has 0 radical (unpaired) electrons. The molecule has 2 atom stereocenters. The molecule has 5 nitrogen and oxygen atoms in total. The first-order valence-electron chi connectivity index (χ1n) is 9.63. The normalized spacial score (nSPS) is 23.3. The van der Waals surface area contributed by atoms with Crippen LogP contribution in [0.25, 0.3) is 0 Å². The first-order valence-corrected chi connectivity index (χ1v) is 9.63. The molecule has 0 aliphatic carbocycles. The Kier molecular flexibility index (Phi) is 5.13. The van der Waals surface area contributed by atoms with E-state index in [-0.39, 0.29) is 36.0 Å². The number of para-hydroxylation sites is 1. The van der Waals surface area contributed by atoms with E-state index < -0.39 is 0 Å². The predicted molar refractivity (Wildman–Crippen MR) is 105 cm³/mol. The second kappa shape index (κ2) is 7.72. The third-order valence-corrected chi connectivity index (χ3v) is 5.77. The van der Waals surface area contributed by atoms with Crippen LogP contribution in [0.4, 0.5) is 10.1 Å². The molecule has 0 N–H and O–H groups in total. The van der Waals surface area contributed by atoms with Gasteiger partial charge in [0, 0.05) is 43.9 Å². The fourth-order valence-corrected chi connectivity index (χ4v) is 4.14. The molecule has 2 aliphatic heterocycles. The van der Waals surface area contributed by atoms with Crippen LogP contribution in [-0.2, 0) is 9.59 Å². The van der Waals surface area contributed by atoms with Crippen molar-refractivity contribution in [2.75, 3.05) is 38.1 Å². The summed E-state index contributed by atoms with van der Waals surface area (Å²) in [6.45, 7) is 2.11. The molecule has 2 fully saturated rings. The summed E-state index contributed by atoms with van der Waals surface area (Å²) >= 11 is 0. The molecule has 2 unspecified atom stereocenters. The average molecular weight is 381 g/mol. The second-order valence-corrected chi connectivity index (χ2v) is 7.54. The first-order chi connectivity index (χ1) is 13.5. The third kappa shape index (κ3) is 3.52. The molecule has 2 aliphatic rings. The maximum Gasteiger partial charge on any atom is 0.228 e. The van der Waals surface area contributed by atoms with Gasteiger partial charge in [-0.15, -0.1) is 0 Å². The van der Waals surface area contributed by atoms with Gasteiger partial charge in [-0.05, 0) is 25.2 Å². The number of rotatable bonds is 3. The molecule has 2 amide bonds. The molecule has 28 heavy (non-hydrogen) atoms. The van der Waals surface area contributed by atoms with Crippen LogP contribution >= 0.6 is 0 Å². The minimum atomic E-state index is -0.350. The average Bonchev–Trinajstić information content (AvgIpc) is 3.11. The summed E-state index contributed by atoms with van der Waals surface area (Å²) in [6.07, 6.45) is 0.227. The van der Waals surface area contributed by atoms with Crippen molar-refractivity contribution in [1.29, 1.82) is 0 Å². The maximum absolute atomic E-state index is 14.3. The monoisotopic (exact) mass is 381 g/mol. The van der Waals surface area contributed by atoms with Crippen molar-refractivity contribution < 1.29 is 14.0 Å². The molecule has 0 saturated carbocycles. The van der Waals surface area contributed by atoms with Gasteiger partial charge in [0.2, 0.25) is 11.8 Å². The minimum absolute atomic E-state index is 0.0128. The van der Waals surface area contributed by atoms with Crippen LogP contribution in [-0.4, -0.2) is 54.8 Å².